The Balaban J connectivity index is 1.38. The van der Waals surface area contributed by atoms with E-state index in [2.05, 4.69) is 10.1 Å². The van der Waals surface area contributed by atoms with Gasteiger partial charge in [0, 0.05) is 25.0 Å². The Labute approximate surface area is 205 Å². The molecule has 1 heterocycles. The third-order valence-corrected chi connectivity index (χ3v) is 7.60. The lowest BCUT2D eigenvalue weighted by molar-refractivity contribution is -0.274. The van der Waals surface area contributed by atoms with Gasteiger partial charge in [0.05, 0.1) is 5.41 Å². The van der Waals surface area contributed by atoms with Crippen LogP contribution < -0.4 is 15.8 Å². The van der Waals surface area contributed by atoms with Crippen molar-refractivity contribution in [2.24, 2.45) is 5.73 Å². The molecule has 6 nitrogen and oxygen atoms in total. The highest BCUT2D eigenvalue weighted by Gasteiger charge is 2.65. The van der Waals surface area contributed by atoms with Gasteiger partial charge in [-0.25, -0.2) is 4.39 Å². The van der Waals surface area contributed by atoms with Crippen LogP contribution in [0.4, 0.5) is 17.6 Å². The van der Waals surface area contributed by atoms with Crippen LogP contribution in [0.1, 0.15) is 49.1 Å². The maximum absolute atomic E-state index is 13.7. The van der Waals surface area contributed by atoms with Crippen LogP contribution in [0.5, 0.6) is 5.75 Å². The number of amides is 2. The topological polar surface area (TPSA) is 84.7 Å². The molecule has 0 aromatic heterocycles. The largest absolute Gasteiger partial charge is 0.573 e. The summed E-state index contributed by atoms with van der Waals surface area (Å²) in [4.78, 5) is 29.0. The first-order valence-electron chi connectivity index (χ1n) is 12.0. The average Bonchev–Trinajstić information content (AvgIpc) is 3.75. The normalized spacial score (nSPS) is 25.2. The first-order chi connectivity index (χ1) is 17.0. The first-order valence-corrected chi connectivity index (χ1v) is 12.0. The van der Waals surface area contributed by atoms with E-state index < -0.39 is 17.3 Å². The van der Waals surface area contributed by atoms with Gasteiger partial charge in [-0.05, 0) is 67.5 Å². The minimum absolute atomic E-state index is 0.0331. The molecular formula is C26H27F4N3O3. The molecule has 1 aliphatic heterocycles. The lowest BCUT2D eigenvalue weighted by atomic mass is 9.93. The van der Waals surface area contributed by atoms with Gasteiger partial charge in [0.15, 0.2) is 0 Å². The molecule has 2 saturated carbocycles. The van der Waals surface area contributed by atoms with Gasteiger partial charge < -0.3 is 20.7 Å². The van der Waals surface area contributed by atoms with Crippen molar-refractivity contribution in [3.63, 3.8) is 0 Å². The van der Waals surface area contributed by atoms with E-state index in [1.807, 2.05) is 0 Å². The van der Waals surface area contributed by atoms with Crippen molar-refractivity contribution < 1.29 is 31.9 Å². The minimum atomic E-state index is -4.80. The van der Waals surface area contributed by atoms with Crippen LogP contribution in [-0.2, 0) is 15.0 Å². The van der Waals surface area contributed by atoms with Crippen LogP contribution in [0, 0.1) is 5.82 Å². The summed E-state index contributed by atoms with van der Waals surface area (Å²) in [6.45, 7) is 0.999. The van der Waals surface area contributed by atoms with Crippen LogP contribution in [0.3, 0.4) is 0 Å². The highest BCUT2D eigenvalue weighted by molar-refractivity contribution is 6.00. The number of hydrogen-bond acceptors (Lipinski definition) is 4. The SMILES string of the molecule is NC1CCN(C(=O)C2(NC(=O)C3(c4ccc(OC(F)(F)F)cc4)CC3)C[C@@H]2c2ccc(F)cc2)CC1. The summed E-state index contributed by atoms with van der Waals surface area (Å²) in [6.07, 6.45) is -2.03. The fourth-order valence-corrected chi connectivity index (χ4v) is 5.24. The summed E-state index contributed by atoms with van der Waals surface area (Å²) in [5.74, 6) is -1.57. The maximum Gasteiger partial charge on any atom is 0.573 e. The molecule has 1 unspecified atom stereocenters. The summed E-state index contributed by atoms with van der Waals surface area (Å²) in [7, 11) is 0. The molecule has 2 amide bonds. The minimum Gasteiger partial charge on any atom is -0.406 e. The summed E-state index contributed by atoms with van der Waals surface area (Å²) >= 11 is 0. The van der Waals surface area contributed by atoms with Crippen molar-refractivity contribution in [1.29, 1.82) is 0 Å². The van der Waals surface area contributed by atoms with Crippen LogP contribution in [0.15, 0.2) is 48.5 Å². The molecule has 192 valence electrons. The summed E-state index contributed by atoms with van der Waals surface area (Å²) in [6, 6.07) is 11.2. The molecule has 0 radical (unpaired) electrons. The Morgan fingerprint density at radius 2 is 1.61 bits per heavy atom. The smallest absolute Gasteiger partial charge is 0.406 e. The summed E-state index contributed by atoms with van der Waals surface area (Å²) < 4.78 is 55.0. The third-order valence-electron chi connectivity index (χ3n) is 7.60. The molecule has 3 fully saturated rings. The van der Waals surface area contributed by atoms with Gasteiger partial charge in [-0.3, -0.25) is 9.59 Å². The maximum atomic E-state index is 13.7. The lowest BCUT2D eigenvalue weighted by Crippen LogP contribution is -2.56. The summed E-state index contributed by atoms with van der Waals surface area (Å²) in [5.41, 5.74) is 5.27. The standard InChI is InChI=1S/C26H27F4N3O3/c27-18-5-1-16(2-6-18)21-15-25(21,23(35)33-13-9-19(31)10-14-33)32-22(34)24(11-12-24)17-3-7-20(8-4-17)36-26(28,29)30/h1-8,19,21H,9-15,31H2,(H,32,34)/t21-,25?/m1/s1. The van der Waals surface area contributed by atoms with Crippen molar-refractivity contribution in [1.82, 2.24) is 10.2 Å². The number of benzene rings is 2. The lowest BCUT2D eigenvalue weighted by Gasteiger charge is -2.34. The molecule has 0 bridgehead atoms. The number of carbonyl (C=O) groups excluding carboxylic acids is 2. The zero-order valence-electron chi connectivity index (χ0n) is 19.5. The Kier molecular flexibility index (Phi) is 5.97. The Hall–Kier alpha value is -3.14. The Morgan fingerprint density at radius 3 is 2.17 bits per heavy atom. The van der Waals surface area contributed by atoms with Gasteiger partial charge in [0.25, 0.3) is 0 Å². The molecule has 2 aromatic rings. The number of piperidine rings is 1. The average molecular weight is 506 g/mol. The molecule has 1 saturated heterocycles. The van der Waals surface area contributed by atoms with Crippen LogP contribution in [0.25, 0.3) is 0 Å². The Bertz CT molecular complexity index is 1140. The van der Waals surface area contributed by atoms with Gasteiger partial charge >= 0.3 is 6.36 Å². The van der Waals surface area contributed by atoms with Crippen molar-refractivity contribution in [2.45, 2.75) is 61.4 Å². The van der Waals surface area contributed by atoms with Crippen LogP contribution >= 0.6 is 0 Å². The molecule has 5 rings (SSSR count). The van der Waals surface area contributed by atoms with Crippen molar-refractivity contribution in [3.8, 4) is 5.75 Å². The molecular weight excluding hydrogens is 478 g/mol. The van der Waals surface area contributed by atoms with E-state index in [0.29, 0.717) is 50.8 Å². The molecule has 10 heteroatoms. The number of halogens is 4. The van der Waals surface area contributed by atoms with Gasteiger partial charge in [0.1, 0.15) is 17.1 Å². The number of carbonyl (C=O) groups is 2. The monoisotopic (exact) mass is 505 g/mol. The van der Waals surface area contributed by atoms with Gasteiger partial charge in [-0.1, -0.05) is 24.3 Å². The predicted octanol–water partition coefficient (Wildman–Crippen LogP) is 3.75. The number of likely N-dealkylation sites (tertiary alicyclic amines) is 1. The second kappa shape index (κ2) is 8.76. The molecule has 3 N–H and O–H groups in total. The molecule has 2 atom stereocenters. The highest BCUT2D eigenvalue weighted by atomic mass is 19.4. The van der Waals surface area contributed by atoms with E-state index in [-0.39, 0.29) is 35.3 Å². The zero-order valence-corrected chi connectivity index (χ0v) is 19.5. The van der Waals surface area contributed by atoms with Crippen molar-refractivity contribution >= 4 is 11.8 Å². The highest BCUT2D eigenvalue weighted by Crippen LogP contribution is 2.55. The third kappa shape index (κ3) is 4.66. The second-order valence-corrected chi connectivity index (χ2v) is 10.0. The van der Waals surface area contributed by atoms with E-state index >= 15 is 0 Å². The first kappa shape index (κ1) is 24.5. The van der Waals surface area contributed by atoms with E-state index in [9.17, 15) is 27.2 Å². The number of nitrogens with zero attached hydrogens (tertiary/aromatic N) is 1. The Morgan fingerprint density at radius 1 is 1.00 bits per heavy atom. The molecule has 2 aliphatic carbocycles. The quantitative estimate of drug-likeness (QED) is 0.586. The van der Waals surface area contributed by atoms with E-state index in [4.69, 9.17) is 5.73 Å². The van der Waals surface area contributed by atoms with E-state index in [0.717, 1.165) is 5.56 Å². The van der Waals surface area contributed by atoms with E-state index in [1.165, 1.54) is 36.4 Å². The number of ether oxygens (including phenoxy) is 1. The number of hydrogen-bond donors (Lipinski definition) is 2. The fraction of sp³-hybridized carbons (Fsp3) is 0.462. The summed E-state index contributed by atoms with van der Waals surface area (Å²) in [5, 5.41) is 3.03. The predicted molar refractivity (Wildman–Crippen MR) is 122 cm³/mol. The fourth-order valence-electron chi connectivity index (χ4n) is 5.24. The number of nitrogens with two attached hydrogens (primary N) is 1. The second-order valence-electron chi connectivity index (χ2n) is 10.0. The molecule has 2 aromatic carbocycles. The number of alkyl halides is 3. The van der Waals surface area contributed by atoms with Gasteiger partial charge in [0.2, 0.25) is 11.8 Å². The van der Waals surface area contributed by atoms with Gasteiger partial charge in [-0.15, -0.1) is 13.2 Å². The van der Waals surface area contributed by atoms with Crippen LogP contribution in [-0.4, -0.2) is 47.7 Å². The number of nitrogens with one attached hydrogen (secondary N) is 1. The van der Waals surface area contributed by atoms with Crippen LogP contribution in [0.2, 0.25) is 0 Å². The number of rotatable bonds is 6. The van der Waals surface area contributed by atoms with Gasteiger partial charge in [-0.2, -0.15) is 0 Å². The molecule has 3 aliphatic rings. The van der Waals surface area contributed by atoms with E-state index in [1.54, 1.807) is 17.0 Å². The van der Waals surface area contributed by atoms with Crippen molar-refractivity contribution in [3.05, 3.63) is 65.5 Å². The van der Waals surface area contributed by atoms with Crippen molar-refractivity contribution in [2.75, 3.05) is 13.1 Å². The molecule has 0 spiro atoms. The zero-order chi connectivity index (χ0) is 25.7. The molecule has 36 heavy (non-hydrogen) atoms.